The van der Waals surface area contributed by atoms with E-state index in [1.165, 1.54) is 37.6 Å². The minimum atomic E-state index is -0.271. The van der Waals surface area contributed by atoms with Gasteiger partial charge in [0.1, 0.15) is 11.6 Å². The SMILES string of the molecule is CC(=O)N[C@@H](CCN1C2CCC1CC(n1c(C)nc3c1CCN(C(=O)C1CC1)C3)C2)c1cccc(F)c1. The van der Waals surface area contributed by atoms with E-state index in [9.17, 15) is 14.0 Å². The minimum absolute atomic E-state index is 0.0892. The number of aryl methyl sites for hydroxylation is 1. The highest BCUT2D eigenvalue weighted by molar-refractivity contribution is 5.81. The molecule has 1 aromatic carbocycles. The molecule has 1 aromatic heterocycles. The molecule has 7 nitrogen and oxygen atoms in total. The van der Waals surface area contributed by atoms with Crippen LogP contribution in [0.25, 0.3) is 0 Å². The summed E-state index contributed by atoms with van der Waals surface area (Å²) in [6.45, 7) is 6.01. The Kier molecular flexibility index (Phi) is 6.55. The van der Waals surface area contributed by atoms with Crippen molar-refractivity contribution in [3.05, 3.63) is 52.9 Å². The number of nitrogens with zero attached hydrogens (tertiary/aromatic N) is 4. The largest absolute Gasteiger partial charge is 0.349 e. The molecule has 3 fully saturated rings. The van der Waals surface area contributed by atoms with Crippen molar-refractivity contribution in [2.45, 2.75) is 95.9 Å². The van der Waals surface area contributed by atoms with Gasteiger partial charge in [-0.2, -0.15) is 0 Å². The third-order valence-electron chi connectivity index (χ3n) is 9.00. The van der Waals surface area contributed by atoms with Gasteiger partial charge < -0.3 is 14.8 Å². The first-order chi connectivity index (χ1) is 17.9. The smallest absolute Gasteiger partial charge is 0.226 e. The number of hydrogen-bond donors (Lipinski definition) is 1. The number of aromatic nitrogens is 2. The van der Waals surface area contributed by atoms with E-state index in [4.69, 9.17) is 4.98 Å². The maximum atomic E-state index is 13.9. The van der Waals surface area contributed by atoms with E-state index in [0.717, 1.165) is 68.7 Å². The first-order valence-corrected chi connectivity index (χ1v) is 14.0. The number of hydrogen-bond acceptors (Lipinski definition) is 4. The van der Waals surface area contributed by atoms with Gasteiger partial charge in [-0.3, -0.25) is 14.5 Å². The fourth-order valence-electron chi connectivity index (χ4n) is 7.19. The first-order valence-electron chi connectivity index (χ1n) is 14.0. The number of carbonyl (C=O) groups excluding carboxylic acids is 2. The van der Waals surface area contributed by atoms with E-state index >= 15 is 0 Å². The van der Waals surface area contributed by atoms with Crippen molar-refractivity contribution in [1.29, 1.82) is 0 Å². The number of rotatable bonds is 7. The molecule has 1 N–H and O–H groups in total. The Morgan fingerprint density at radius 1 is 1.14 bits per heavy atom. The molecule has 8 heteroatoms. The van der Waals surface area contributed by atoms with Crippen molar-refractivity contribution in [3.8, 4) is 0 Å². The molecular formula is C29H38FN5O2. The second kappa shape index (κ2) is 9.86. The van der Waals surface area contributed by atoms with E-state index in [0.29, 0.717) is 30.6 Å². The Morgan fingerprint density at radius 2 is 1.89 bits per heavy atom. The van der Waals surface area contributed by atoms with E-state index in [2.05, 4.69) is 21.7 Å². The Balaban J connectivity index is 1.13. The summed E-state index contributed by atoms with van der Waals surface area (Å²) < 4.78 is 16.4. The van der Waals surface area contributed by atoms with Crippen molar-refractivity contribution in [1.82, 2.24) is 24.7 Å². The van der Waals surface area contributed by atoms with E-state index < -0.39 is 0 Å². The molecule has 1 saturated carbocycles. The van der Waals surface area contributed by atoms with Crippen LogP contribution in [0.5, 0.6) is 0 Å². The second-order valence-corrected chi connectivity index (χ2v) is 11.6. The van der Waals surface area contributed by atoms with Gasteiger partial charge in [0.15, 0.2) is 0 Å². The zero-order valence-electron chi connectivity index (χ0n) is 22.0. The second-order valence-electron chi connectivity index (χ2n) is 11.6. The van der Waals surface area contributed by atoms with Gasteiger partial charge in [-0.05, 0) is 69.6 Å². The van der Waals surface area contributed by atoms with Crippen molar-refractivity contribution in [3.63, 3.8) is 0 Å². The molecule has 3 aliphatic heterocycles. The molecule has 6 rings (SSSR count). The molecule has 2 amide bonds. The highest BCUT2D eigenvalue weighted by Crippen LogP contribution is 2.43. The average molecular weight is 508 g/mol. The van der Waals surface area contributed by atoms with Crippen molar-refractivity contribution >= 4 is 11.8 Å². The van der Waals surface area contributed by atoms with E-state index in [1.807, 2.05) is 11.0 Å². The van der Waals surface area contributed by atoms with E-state index in [1.54, 1.807) is 6.07 Å². The molecule has 4 aliphatic rings. The summed E-state index contributed by atoms with van der Waals surface area (Å²) in [7, 11) is 0. The van der Waals surface area contributed by atoms with Gasteiger partial charge >= 0.3 is 0 Å². The van der Waals surface area contributed by atoms with Gasteiger partial charge in [0.05, 0.1) is 18.3 Å². The van der Waals surface area contributed by atoms with Crippen molar-refractivity contribution in [2.24, 2.45) is 5.92 Å². The van der Waals surface area contributed by atoms with Crippen LogP contribution in [-0.2, 0) is 22.6 Å². The van der Waals surface area contributed by atoms with Gasteiger partial charge in [0.25, 0.3) is 0 Å². The lowest BCUT2D eigenvalue weighted by Crippen LogP contribution is -2.45. The molecule has 3 atom stereocenters. The van der Waals surface area contributed by atoms with Crippen molar-refractivity contribution in [2.75, 3.05) is 13.1 Å². The third kappa shape index (κ3) is 4.92. The molecule has 4 heterocycles. The van der Waals surface area contributed by atoms with Crippen LogP contribution < -0.4 is 5.32 Å². The number of piperidine rings is 1. The number of amides is 2. The maximum Gasteiger partial charge on any atom is 0.226 e. The number of nitrogens with one attached hydrogen (secondary N) is 1. The highest BCUT2D eigenvalue weighted by Gasteiger charge is 2.43. The summed E-state index contributed by atoms with van der Waals surface area (Å²) in [5, 5.41) is 3.04. The predicted molar refractivity (Wildman–Crippen MR) is 138 cm³/mol. The highest BCUT2D eigenvalue weighted by atomic mass is 19.1. The molecule has 2 unspecified atom stereocenters. The number of fused-ring (bicyclic) bond motifs is 3. The van der Waals surface area contributed by atoms with Crippen LogP contribution in [0, 0.1) is 18.7 Å². The number of carbonyl (C=O) groups is 2. The van der Waals surface area contributed by atoms with Crippen LogP contribution >= 0.6 is 0 Å². The Hall–Kier alpha value is -2.74. The first kappa shape index (κ1) is 24.6. The minimum Gasteiger partial charge on any atom is -0.349 e. The van der Waals surface area contributed by atoms with Crippen LogP contribution in [0.1, 0.15) is 86.7 Å². The summed E-state index contributed by atoms with van der Waals surface area (Å²) in [5.74, 6) is 1.30. The summed E-state index contributed by atoms with van der Waals surface area (Å²) in [5.41, 5.74) is 3.26. The van der Waals surface area contributed by atoms with Gasteiger partial charge in [-0.15, -0.1) is 0 Å². The summed E-state index contributed by atoms with van der Waals surface area (Å²) in [6.07, 6.45) is 8.37. The Morgan fingerprint density at radius 3 is 2.57 bits per heavy atom. The van der Waals surface area contributed by atoms with Crippen LogP contribution in [0.3, 0.4) is 0 Å². The lowest BCUT2D eigenvalue weighted by Gasteiger charge is -2.41. The Labute approximate surface area is 218 Å². The molecule has 198 valence electrons. The molecular weight excluding hydrogens is 469 g/mol. The van der Waals surface area contributed by atoms with E-state index in [-0.39, 0.29) is 23.7 Å². The molecule has 2 saturated heterocycles. The maximum absolute atomic E-state index is 13.9. The topological polar surface area (TPSA) is 70.5 Å². The molecule has 1 aliphatic carbocycles. The predicted octanol–water partition coefficient (Wildman–Crippen LogP) is 4.06. The molecule has 0 spiro atoms. The fourth-order valence-corrected chi connectivity index (χ4v) is 7.19. The van der Waals surface area contributed by atoms with Gasteiger partial charge in [-0.25, -0.2) is 9.37 Å². The van der Waals surface area contributed by atoms with Crippen LogP contribution in [0.2, 0.25) is 0 Å². The Bertz CT molecular complexity index is 1180. The van der Waals surface area contributed by atoms with Gasteiger partial charge in [0.2, 0.25) is 11.8 Å². The summed E-state index contributed by atoms with van der Waals surface area (Å²) in [6, 6.07) is 7.88. The standard InChI is InChI=1S/C29H38FN5O2/c1-18-31-27-17-33(29(37)20-6-7-20)12-11-28(27)35(18)25-15-23-8-9-24(16-25)34(23)13-10-26(32-19(2)36)21-4-3-5-22(30)14-21/h3-5,14,20,23-26H,6-13,15-17H2,1-2H3,(H,32,36)/t23?,24?,25?,26-/m0/s1. The lowest BCUT2D eigenvalue weighted by atomic mass is 9.94. The fraction of sp³-hybridized carbons (Fsp3) is 0.621. The quantitative estimate of drug-likeness (QED) is 0.614. The third-order valence-corrected chi connectivity index (χ3v) is 9.00. The normalized spacial score (nSPS) is 26.1. The summed E-state index contributed by atoms with van der Waals surface area (Å²) in [4.78, 5) is 34.1. The molecule has 0 radical (unpaired) electrons. The van der Waals surface area contributed by atoms with Gasteiger partial charge in [-0.1, -0.05) is 12.1 Å². The van der Waals surface area contributed by atoms with Crippen LogP contribution in [0.15, 0.2) is 24.3 Å². The summed E-state index contributed by atoms with van der Waals surface area (Å²) >= 11 is 0. The zero-order chi connectivity index (χ0) is 25.7. The van der Waals surface area contributed by atoms with Gasteiger partial charge in [0, 0.05) is 56.2 Å². The molecule has 2 bridgehead atoms. The van der Waals surface area contributed by atoms with Crippen LogP contribution in [0.4, 0.5) is 4.39 Å². The van der Waals surface area contributed by atoms with Crippen molar-refractivity contribution < 1.29 is 14.0 Å². The number of benzene rings is 1. The number of halogens is 1. The van der Waals surface area contributed by atoms with Crippen LogP contribution in [-0.4, -0.2) is 56.3 Å². The zero-order valence-corrected chi connectivity index (χ0v) is 22.0. The lowest BCUT2D eigenvalue weighted by molar-refractivity contribution is -0.133. The average Bonchev–Trinajstić information content (AvgIpc) is 3.62. The molecule has 37 heavy (non-hydrogen) atoms. The molecule has 2 aromatic rings. The number of imidazole rings is 1. The monoisotopic (exact) mass is 507 g/mol.